The molecule has 1 amide bonds. The number of hydrogen-bond acceptors (Lipinski definition) is 4. The Morgan fingerprint density at radius 3 is 2.36 bits per heavy atom. The minimum absolute atomic E-state index is 0.209. The molecule has 0 radical (unpaired) electrons. The lowest BCUT2D eigenvalue weighted by Gasteiger charge is -2.23. The third-order valence-electron chi connectivity index (χ3n) is 3.75. The summed E-state index contributed by atoms with van der Waals surface area (Å²) in [6, 6.07) is 11.1. The maximum atomic E-state index is 12.5. The molecule has 1 heterocycles. The van der Waals surface area contributed by atoms with Gasteiger partial charge in [-0.2, -0.15) is 0 Å². The highest BCUT2D eigenvalue weighted by Gasteiger charge is 2.11. The van der Waals surface area contributed by atoms with Crippen LogP contribution in [0, 0.1) is 0 Å². The number of nitrogens with one attached hydrogen (secondary N) is 1. The number of carbonyl (C=O) groups excluding carboxylic acids is 1. The van der Waals surface area contributed by atoms with Crippen molar-refractivity contribution in [2.75, 3.05) is 29.9 Å². The number of rotatable bonds is 9. The second-order valence-electron chi connectivity index (χ2n) is 5.80. The molecule has 0 fully saturated rings. The van der Waals surface area contributed by atoms with Gasteiger partial charge in [0.05, 0.1) is 6.61 Å². The molecule has 0 spiro atoms. The van der Waals surface area contributed by atoms with Crippen LogP contribution in [0.1, 0.15) is 44.1 Å². The highest BCUT2D eigenvalue weighted by molar-refractivity contribution is 6.03. The van der Waals surface area contributed by atoms with Crippen LogP contribution in [0.3, 0.4) is 0 Å². The largest absolute Gasteiger partial charge is 0.494 e. The smallest absolute Gasteiger partial charge is 0.274 e. The molecule has 2 aromatic rings. The lowest BCUT2D eigenvalue weighted by Crippen LogP contribution is -2.25. The van der Waals surface area contributed by atoms with Gasteiger partial charge in [0.15, 0.2) is 0 Å². The normalized spacial score (nSPS) is 10.4. The number of carbonyl (C=O) groups is 1. The second-order valence-corrected chi connectivity index (χ2v) is 5.80. The first-order chi connectivity index (χ1) is 12.2. The first kappa shape index (κ1) is 18.8. The molecule has 2 rings (SSSR count). The Labute approximate surface area is 150 Å². The van der Waals surface area contributed by atoms with Gasteiger partial charge < -0.3 is 15.0 Å². The average molecular weight is 341 g/mol. The van der Waals surface area contributed by atoms with Crippen molar-refractivity contribution in [3.8, 4) is 5.75 Å². The van der Waals surface area contributed by atoms with Gasteiger partial charge in [-0.05, 0) is 56.2 Å². The highest BCUT2D eigenvalue weighted by atomic mass is 16.5. The predicted molar refractivity (Wildman–Crippen MR) is 103 cm³/mol. The molecular weight excluding hydrogens is 314 g/mol. The summed E-state index contributed by atoms with van der Waals surface area (Å²) in [5.41, 5.74) is 2.18. The lowest BCUT2D eigenvalue weighted by atomic mass is 10.2. The van der Waals surface area contributed by atoms with E-state index >= 15 is 0 Å². The van der Waals surface area contributed by atoms with E-state index in [0.29, 0.717) is 12.3 Å². The summed E-state index contributed by atoms with van der Waals surface area (Å²) in [6.07, 6.45) is 3.83. The Morgan fingerprint density at radius 1 is 1.08 bits per heavy atom. The molecule has 0 aliphatic carbocycles. The zero-order valence-electron chi connectivity index (χ0n) is 15.3. The van der Waals surface area contributed by atoms with Crippen LogP contribution in [0.25, 0.3) is 0 Å². The molecule has 0 unspecified atom stereocenters. The molecule has 0 saturated carbocycles. The number of amides is 1. The summed E-state index contributed by atoms with van der Waals surface area (Å²) in [5.74, 6) is 0.578. The van der Waals surface area contributed by atoms with E-state index < -0.39 is 0 Å². The van der Waals surface area contributed by atoms with Gasteiger partial charge in [-0.15, -0.1) is 0 Å². The molecule has 0 atom stereocenters. The maximum absolute atomic E-state index is 12.5. The summed E-state index contributed by atoms with van der Waals surface area (Å²) in [6.45, 7) is 8.81. The Bertz CT molecular complexity index is 665. The lowest BCUT2D eigenvalue weighted by molar-refractivity contribution is 0.102. The van der Waals surface area contributed by atoms with Gasteiger partial charge in [0.25, 0.3) is 5.91 Å². The minimum Gasteiger partial charge on any atom is -0.494 e. The Kier molecular flexibility index (Phi) is 7.26. The van der Waals surface area contributed by atoms with Crippen LogP contribution in [-0.2, 0) is 0 Å². The number of aromatic nitrogens is 1. The number of benzene rings is 1. The van der Waals surface area contributed by atoms with Gasteiger partial charge in [0.2, 0.25) is 0 Å². The van der Waals surface area contributed by atoms with E-state index in [4.69, 9.17) is 4.74 Å². The van der Waals surface area contributed by atoms with E-state index in [-0.39, 0.29) is 5.91 Å². The summed E-state index contributed by atoms with van der Waals surface area (Å²) >= 11 is 0. The van der Waals surface area contributed by atoms with Crippen molar-refractivity contribution in [1.29, 1.82) is 0 Å². The summed E-state index contributed by atoms with van der Waals surface area (Å²) in [7, 11) is 0. The molecule has 134 valence electrons. The van der Waals surface area contributed by atoms with Crippen LogP contribution in [0.2, 0.25) is 0 Å². The summed E-state index contributed by atoms with van der Waals surface area (Å²) in [4.78, 5) is 19.0. The summed E-state index contributed by atoms with van der Waals surface area (Å²) in [5, 5.41) is 2.88. The molecule has 1 aromatic heterocycles. The maximum Gasteiger partial charge on any atom is 0.274 e. The standard InChI is InChI=1S/C20H27N3O2/c1-4-13-23(14-5-2)17-11-12-21-19(15-17)20(24)22-16-7-9-18(10-8-16)25-6-3/h7-12,15H,4-6,13-14H2,1-3H3,(H,22,24). The SMILES string of the molecule is CCCN(CCC)c1ccnc(C(=O)Nc2ccc(OCC)cc2)c1. The van der Waals surface area contributed by atoms with E-state index in [1.807, 2.05) is 43.3 Å². The zero-order chi connectivity index (χ0) is 18.1. The van der Waals surface area contributed by atoms with Crippen LogP contribution in [0.4, 0.5) is 11.4 Å². The van der Waals surface area contributed by atoms with Gasteiger partial charge in [-0.25, -0.2) is 0 Å². The highest BCUT2D eigenvalue weighted by Crippen LogP contribution is 2.18. The van der Waals surface area contributed by atoms with Crippen molar-refractivity contribution in [2.24, 2.45) is 0 Å². The second kappa shape index (κ2) is 9.67. The van der Waals surface area contributed by atoms with E-state index in [9.17, 15) is 4.79 Å². The number of hydrogen-bond donors (Lipinski definition) is 1. The van der Waals surface area contributed by atoms with E-state index in [1.165, 1.54) is 0 Å². The average Bonchev–Trinajstić information content (AvgIpc) is 2.63. The van der Waals surface area contributed by atoms with E-state index in [1.54, 1.807) is 6.20 Å². The topological polar surface area (TPSA) is 54.5 Å². The Balaban J connectivity index is 2.09. The molecule has 0 saturated heterocycles. The van der Waals surface area contributed by atoms with Crippen molar-refractivity contribution in [1.82, 2.24) is 4.98 Å². The van der Waals surface area contributed by atoms with Crippen LogP contribution >= 0.6 is 0 Å². The van der Waals surface area contributed by atoms with Gasteiger partial charge in [-0.1, -0.05) is 13.8 Å². The number of pyridine rings is 1. The van der Waals surface area contributed by atoms with E-state index in [0.717, 1.165) is 43.1 Å². The molecule has 1 aromatic carbocycles. The molecule has 5 heteroatoms. The third-order valence-corrected chi connectivity index (χ3v) is 3.75. The quantitative estimate of drug-likeness (QED) is 0.736. The van der Waals surface area contributed by atoms with Crippen molar-refractivity contribution < 1.29 is 9.53 Å². The summed E-state index contributed by atoms with van der Waals surface area (Å²) < 4.78 is 5.41. The molecule has 1 N–H and O–H groups in total. The van der Waals surface area contributed by atoms with Crippen LogP contribution in [-0.4, -0.2) is 30.6 Å². The first-order valence-electron chi connectivity index (χ1n) is 8.93. The number of nitrogens with zero attached hydrogens (tertiary/aromatic N) is 2. The predicted octanol–water partition coefficient (Wildman–Crippen LogP) is 4.36. The molecule has 0 aliphatic rings. The van der Waals surface area contributed by atoms with Crippen molar-refractivity contribution in [2.45, 2.75) is 33.6 Å². The fourth-order valence-corrected chi connectivity index (χ4v) is 2.65. The van der Waals surface area contributed by atoms with Crippen molar-refractivity contribution in [3.63, 3.8) is 0 Å². The van der Waals surface area contributed by atoms with Gasteiger partial charge in [0, 0.05) is 30.7 Å². The molecule has 5 nitrogen and oxygen atoms in total. The Morgan fingerprint density at radius 2 is 1.76 bits per heavy atom. The van der Waals surface area contributed by atoms with Gasteiger partial charge in [-0.3, -0.25) is 9.78 Å². The van der Waals surface area contributed by atoms with Gasteiger partial charge in [0.1, 0.15) is 11.4 Å². The number of ether oxygens (including phenoxy) is 1. The minimum atomic E-state index is -0.209. The van der Waals surface area contributed by atoms with Crippen LogP contribution in [0.5, 0.6) is 5.75 Å². The molecule has 25 heavy (non-hydrogen) atoms. The third kappa shape index (κ3) is 5.48. The van der Waals surface area contributed by atoms with E-state index in [2.05, 4.69) is 29.0 Å². The van der Waals surface area contributed by atoms with Crippen molar-refractivity contribution >= 4 is 17.3 Å². The molecule has 0 aliphatic heterocycles. The molecule has 0 bridgehead atoms. The van der Waals surface area contributed by atoms with Gasteiger partial charge >= 0.3 is 0 Å². The zero-order valence-corrected chi connectivity index (χ0v) is 15.3. The van der Waals surface area contributed by atoms with Crippen LogP contribution in [0.15, 0.2) is 42.6 Å². The fourth-order valence-electron chi connectivity index (χ4n) is 2.65. The first-order valence-corrected chi connectivity index (χ1v) is 8.93. The monoisotopic (exact) mass is 341 g/mol. The fraction of sp³-hybridized carbons (Fsp3) is 0.400. The van der Waals surface area contributed by atoms with Crippen molar-refractivity contribution in [3.05, 3.63) is 48.3 Å². The Hall–Kier alpha value is -2.56. The number of anilines is 2. The van der Waals surface area contributed by atoms with Crippen LogP contribution < -0.4 is 15.0 Å². The molecular formula is C20H27N3O2.